The summed E-state index contributed by atoms with van der Waals surface area (Å²) in [6, 6.07) is 13.4. The second-order valence-corrected chi connectivity index (χ2v) is 5.80. The number of hydrogen-bond acceptors (Lipinski definition) is 4. The van der Waals surface area contributed by atoms with Crippen LogP contribution in [0.5, 0.6) is 0 Å². The van der Waals surface area contributed by atoms with Crippen LogP contribution in [0.1, 0.15) is 22.7 Å². The molecule has 0 fully saturated rings. The minimum Gasteiger partial charge on any atom is -0.461 e. The Bertz CT molecular complexity index is 678. The molecule has 4 nitrogen and oxygen atoms in total. The topological polar surface area (TPSA) is 65.2 Å². The Morgan fingerprint density at radius 2 is 1.82 bits per heavy atom. The van der Waals surface area contributed by atoms with Gasteiger partial charge in [-0.15, -0.1) is 0 Å². The van der Waals surface area contributed by atoms with Gasteiger partial charge in [0.05, 0.1) is 10.7 Å². The van der Waals surface area contributed by atoms with Gasteiger partial charge in [-0.3, -0.25) is 9.78 Å². The first-order chi connectivity index (χ1) is 10.6. The van der Waals surface area contributed by atoms with Gasteiger partial charge in [0.25, 0.3) is 0 Å². The Kier molecular flexibility index (Phi) is 4.15. The van der Waals surface area contributed by atoms with Crippen LogP contribution in [0.15, 0.2) is 48.7 Å². The number of pyridine rings is 1. The molecule has 22 heavy (non-hydrogen) atoms. The molecule has 1 heterocycles. The highest BCUT2D eigenvalue weighted by atomic mass is 32.1. The summed E-state index contributed by atoms with van der Waals surface area (Å²) < 4.78 is 5.63. The molecular weight excluding hydrogens is 296 g/mol. The van der Waals surface area contributed by atoms with Crippen LogP contribution < -0.4 is 5.73 Å². The Labute approximate surface area is 134 Å². The number of carbonyl (C=O) groups is 1. The first kappa shape index (κ1) is 14.7. The number of thiocarbonyl (C=S) groups is 1. The number of esters is 1. The fourth-order valence-corrected chi connectivity index (χ4v) is 2.98. The molecule has 1 unspecified atom stereocenters. The largest absolute Gasteiger partial charge is 0.461 e. The van der Waals surface area contributed by atoms with Crippen molar-refractivity contribution in [2.24, 2.45) is 5.73 Å². The maximum Gasteiger partial charge on any atom is 0.322 e. The fourth-order valence-electron chi connectivity index (χ4n) is 2.76. The van der Waals surface area contributed by atoms with E-state index in [-0.39, 0.29) is 11.1 Å². The lowest BCUT2D eigenvalue weighted by molar-refractivity contribution is -0.148. The van der Waals surface area contributed by atoms with Crippen LogP contribution >= 0.6 is 12.2 Å². The SMILES string of the molecule is NC(=S)C(C(=O)OC1Cc2ccccc2C1)c1ccccn1. The molecule has 1 atom stereocenters. The molecule has 112 valence electrons. The maximum atomic E-state index is 12.5. The molecule has 2 aromatic rings. The van der Waals surface area contributed by atoms with Gasteiger partial charge in [0.2, 0.25) is 0 Å². The third-order valence-electron chi connectivity index (χ3n) is 3.80. The number of nitrogens with zero attached hydrogens (tertiary/aromatic N) is 1. The summed E-state index contributed by atoms with van der Waals surface area (Å²) in [5, 5.41) is 0. The molecule has 5 heteroatoms. The molecule has 0 bridgehead atoms. The molecule has 1 aliphatic carbocycles. The summed E-state index contributed by atoms with van der Waals surface area (Å²) in [7, 11) is 0. The van der Waals surface area contributed by atoms with Crippen LogP contribution in [0.4, 0.5) is 0 Å². The minimum atomic E-state index is -0.792. The number of fused-ring (bicyclic) bond motifs is 1. The van der Waals surface area contributed by atoms with Gasteiger partial charge in [-0.2, -0.15) is 0 Å². The third-order valence-corrected chi connectivity index (χ3v) is 4.04. The summed E-state index contributed by atoms with van der Waals surface area (Å²) in [4.78, 5) is 16.7. The molecule has 0 saturated carbocycles. The highest BCUT2D eigenvalue weighted by molar-refractivity contribution is 7.80. The number of aromatic nitrogens is 1. The normalized spacial score (nSPS) is 15.1. The first-order valence-corrected chi connectivity index (χ1v) is 7.53. The van der Waals surface area contributed by atoms with Gasteiger partial charge in [-0.1, -0.05) is 42.5 Å². The van der Waals surface area contributed by atoms with Crippen LogP contribution in [-0.4, -0.2) is 22.0 Å². The van der Waals surface area contributed by atoms with Crippen molar-refractivity contribution in [3.8, 4) is 0 Å². The zero-order chi connectivity index (χ0) is 15.5. The molecular formula is C17H16N2O2S. The molecule has 0 aliphatic heterocycles. The van der Waals surface area contributed by atoms with E-state index in [1.165, 1.54) is 11.1 Å². The minimum absolute atomic E-state index is 0.0826. The van der Waals surface area contributed by atoms with Gasteiger partial charge in [0, 0.05) is 19.0 Å². The van der Waals surface area contributed by atoms with E-state index in [9.17, 15) is 4.79 Å². The number of hydrogen-bond donors (Lipinski definition) is 1. The summed E-state index contributed by atoms with van der Waals surface area (Å²) in [6.45, 7) is 0. The van der Waals surface area contributed by atoms with Crippen molar-refractivity contribution in [3.63, 3.8) is 0 Å². The van der Waals surface area contributed by atoms with Gasteiger partial charge >= 0.3 is 5.97 Å². The molecule has 3 rings (SSSR count). The predicted octanol–water partition coefficient (Wildman–Crippen LogP) is 2.16. The van der Waals surface area contributed by atoms with Gasteiger partial charge in [-0.25, -0.2) is 0 Å². The van der Waals surface area contributed by atoms with Crippen LogP contribution in [0, 0.1) is 0 Å². The number of carbonyl (C=O) groups excluding carboxylic acids is 1. The summed E-state index contributed by atoms with van der Waals surface area (Å²) in [6.07, 6.45) is 2.91. The van der Waals surface area contributed by atoms with Crippen molar-refractivity contribution < 1.29 is 9.53 Å². The van der Waals surface area contributed by atoms with Crippen LogP contribution in [-0.2, 0) is 22.4 Å². The second kappa shape index (κ2) is 6.23. The highest BCUT2D eigenvalue weighted by Gasteiger charge is 2.31. The molecule has 2 N–H and O–H groups in total. The van der Waals surface area contributed by atoms with E-state index in [2.05, 4.69) is 17.1 Å². The number of rotatable bonds is 4. The van der Waals surface area contributed by atoms with Crippen molar-refractivity contribution in [1.29, 1.82) is 0 Å². The van der Waals surface area contributed by atoms with E-state index in [0.717, 1.165) is 12.8 Å². The highest BCUT2D eigenvalue weighted by Crippen LogP contribution is 2.26. The Hall–Kier alpha value is -2.27. The van der Waals surface area contributed by atoms with Gasteiger partial charge < -0.3 is 10.5 Å². The van der Waals surface area contributed by atoms with Crippen molar-refractivity contribution in [2.75, 3.05) is 0 Å². The Morgan fingerprint density at radius 1 is 1.18 bits per heavy atom. The molecule has 0 amide bonds. The number of nitrogens with two attached hydrogens (primary N) is 1. The van der Waals surface area contributed by atoms with Crippen LogP contribution in [0.25, 0.3) is 0 Å². The first-order valence-electron chi connectivity index (χ1n) is 7.12. The van der Waals surface area contributed by atoms with E-state index >= 15 is 0 Å². The van der Waals surface area contributed by atoms with Gasteiger partial charge in [0.15, 0.2) is 0 Å². The van der Waals surface area contributed by atoms with E-state index in [0.29, 0.717) is 5.69 Å². The number of ether oxygens (including phenoxy) is 1. The molecule has 0 spiro atoms. The van der Waals surface area contributed by atoms with E-state index in [1.54, 1.807) is 24.4 Å². The van der Waals surface area contributed by atoms with E-state index < -0.39 is 11.9 Å². The zero-order valence-electron chi connectivity index (χ0n) is 11.9. The van der Waals surface area contributed by atoms with Crippen LogP contribution in [0.3, 0.4) is 0 Å². The van der Waals surface area contributed by atoms with Crippen molar-refractivity contribution in [1.82, 2.24) is 4.98 Å². The average molecular weight is 312 g/mol. The van der Waals surface area contributed by atoms with Gasteiger partial charge in [0.1, 0.15) is 12.0 Å². The summed E-state index contributed by atoms with van der Waals surface area (Å²) >= 11 is 5.02. The quantitative estimate of drug-likeness (QED) is 0.692. The van der Waals surface area contributed by atoms with Crippen molar-refractivity contribution >= 4 is 23.2 Å². The average Bonchev–Trinajstić information content (AvgIpc) is 2.90. The van der Waals surface area contributed by atoms with Crippen molar-refractivity contribution in [3.05, 3.63) is 65.5 Å². The fraction of sp³-hybridized carbons (Fsp3) is 0.235. The maximum absolute atomic E-state index is 12.5. The smallest absolute Gasteiger partial charge is 0.322 e. The van der Waals surface area contributed by atoms with E-state index in [4.69, 9.17) is 22.7 Å². The molecule has 1 aromatic carbocycles. The predicted molar refractivity (Wildman–Crippen MR) is 87.5 cm³/mol. The summed E-state index contributed by atoms with van der Waals surface area (Å²) in [5.74, 6) is -1.22. The lowest BCUT2D eigenvalue weighted by atomic mass is 10.1. The standard InChI is InChI=1S/C17H16N2O2S/c18-16(22)15(14-7-3-4-8-19-14)17(20)21-13-9-11-5-1-2-6-12(11)10-13/h1-8,13,15H,9-10H2,(H2,18,22). The van der Waals surface area contributed by atoms with Crippen molar-refractivity contribution in [2.45, 2.75) is 24.9 Å². The molecule has 1 aliphatic rings. The van der Waals surface area contributed by atoms with Gasteiger partial charge in [-0.05, 0) is 23.3 Å². The lowest BCUT2D eigenvalue weighted by Crippen LogP contribution is -2.32. The Morgan fingerprint density at radius 3 is 2.36 bits per heavy atom. The second-order valence-electron chi connectivity index (χ2n) is 5.33. The zero-order valence-corrected chi connectivity index (χ0v) is 12.8. The Balaban J connectivity index is 1.72. The molecule has 0 radical (unpaired) electrons. The lowest BCUT2D eigenvalue weighted by Gasteiger charge is -2.17. The van der Waals surface area contributed by atoms with Crippen LogP contribution in [0.2, 0.25) is 0 Å². The summed E-state index contributed by atoms with van der Waals surface area (Å²) in [5.41, 5.74) is 8.70. The van der Waals surface area contributed by atoms with E-state index in [1.807, 2.05) is 12.1 Å². The molecule has 1 aromatic heterocycles. The number of benzene rings is 1. The third kappa shape index (κ3) is 2.99. The molecule has 0 saturated heterocycles. The monoisotopic (exact) mass is 312 g/mol.